The molecule has 0 aromatic carbocycles. The summed E-state index contributed by atoms with van der Waals surface area (Å²) in [7, 11) is 5.12. The Balaban J connectivity index is 3.36. The summed E-state index contributed by atoms with van der Waals surface area (Å²) in [6, 6.07) is 0. The molecule has 0 bridgehead atoms. The van der Waals surface area contributed by atoms with Crippen LogP contribution in [-0.4, -0.2) is 90.2 Å². The number of rotatable bonds is 15. The van der Waals surface area contributed by atoms with E-state index in [0.717, 1.165) is 25.1 Å². The molecule has 0 heterocycles. The molecule has 9 nitrogen and oxygen atoms in total. The van der Waals surface area contributed by atoms with Crippen molar-refractivity contribution < 1.29 is 38.1 Å². The van der Waals surface area contributed by atoms with Gasteiger partial charge in [-0.2, -0.15) is 0 Å². The first-order valence-corrected chi connectivity index (χ1v) is 8.34. The van der Waals surface area contributed by atoms with Crippen molar-refractivity contribution in [2.75, 3.05) is 67.4 Å². The Morgan fingerprint density at radius 3 is 1.92 bits per heavy atom. The first-order chi connectivity index (χ1) is 12.5. The minimum Gasteiger partial charge on any atom is -0.466 e. The SMILES string of the molecule is COC(=O)/C=C/C(=O)OCCOCCOCCOC(=O)CCCN(C)C. The van der Waals surface area contributed by atoms with Crippen molar-refractivity contribution >= 4 is 17.9 Å². The number of nitrogens with zero attached hydrogens (tertiary/aromatic N) is 1. The second-order valence-electron chi connectivity index (χ2n) is 5.38. The summed E-state index contributed by atoms with van der Waals surface area (Å²) in [4.78, 5) is 35.4. The van der Waals surface area contributed by atoms with Gasteiger partial charge in [0.25, 0.3) is 0 Å². The summed E-state index contributed by atoms with van der Waals surface area (Å²) in [5.41, 5.74) is 0. The molecule has 0 amide bonds. The van der Waals surface area contributed by atoms with Crippen LogP contribution in [0.25, 0.3) is 0 Å². The Kier molecular flexibility index (Phi) is 15.2. The zero-order valence-corrected chi connectivity index (χ0v) is 15.7. The number of esters is 3. The summed E-state index contributed by atoms with van der Waals surface area (Å²) >= 11 is 0. The molecule has 0 radical (unpaired) electrons. The maximum atomic E-state index is 11.4. The summed E-state index contributed by atoms with van der Waals surface area (Å²) in [5.74, 6) is -1.51. The van der Waals surface area contributed by atoms with Crippen molar-refractivity contribution in [1.82, 2.24) is 4.90 Å². The Morgan fingerprint density at radius 2 is 1.35 bits per heavy atom. The molecule has 0 saturated heterocycles. The lowest BCUT2D eigenvalue weighted by molar-refractivity contribution is -0.145. The highest BCUT2D eigenvalue weighted by Gasteiger charge is 2.03. The molecule has 0 aromatic rings. The van der Waals surface area contributed by atoms with Crippen LogP contribution in [0.5, 0.6) is 0 Å². The van der Waals surface area contributed by atoms with Crippen molar-refractivity contribution in [3.63, 3.8) is 0 Å². The van der Waals surface area contributed by atoms with Crippen molar-refractivity contribution in [2.24, 2.45) is 0 Å². The minimum absolute atomic E-state index is 0.0644. The molecule has 0 N–H and O–H groups in total. The number of ether oxygens (including phenoxy) is 5. The van der Waals surface area contributed by atoms with Gasteiger partial charge in [0.05, 0.1) is 33.5 Å². The molecule has 0 fully saturated rings. The third kappa shape index (κ3) is 16.9. The normalized spacial score (nSPS) is 10.9. The first kappa shape index (κ1) is 24.0. The van der Waals surface area contributed by atoms with Crippen LogP contribution in [0, 0.1) is 0 Å². The second kappa shape index (κ2) is 16.5. The van der Waals surface area contributed by atoms with Crippen molar-refractivity contribution in [2.45, 2.75) is 12.8 Å². The fourth-order valence-corrected chi connectivity index (χ4v) is 1.60. The van der Waals surface area contributed by atoms with Gasteiger partial charge in [-0.25, -0.2) is 9.59 Å². The lowest BCUT2D eigenvalue weighted by atomic mass is 10.3. The fraction of sp³-hybridized carbons (Fsp3) is 0.706. The highest BCUT2D eigenvalue weighted by Crippen LogP contribution is 1.94. The summed E-state index contributed by atoms with van der Waals surface area (Å²) in [5, 5.41) is 0. The van der Waals surface area contributed by atoms with Crippen LogP contribution in [0.3, 0.4) is 0 Å². The van der Waals surface area contributed by atoms with E-state index in [4.69, 9.17) is 18.9 Å². The molecule has 0 rings (SSSR count). The average Bonchev–Trinajstić information content (AvgIpc) is 2.60. The van der Waals surface area contributed by atoms with Gasteiger partial charge in [-0.3, -0.25) is 4.79 Å². The molecule has 0 aliphatic heterocycles. The van der Waals surface area contributed by atoms with E-state index < -0.39 is 11.9 Å². The molecule has 0 aromatic heterocycles. The van der Waals surface area contributed by atoms with Crippen molar-refractivity contribution in [3.05, 3.63) is 12.2 Å². The molecule has 0 unspecified atom stereocenters. The molecular weight excluding hydrogens is 346 g/mol. The van der Waals surface area contributed by atoms with Gasteiger partial charge in [0, 0.05) is 18.6 Å². The Bertz CT molecular complexity index is 436. The Labute approximate surface area is 154 Å². The molecular formula is C17H29NO8. The largest absolute Gasteiger partial charge is 0.466 e. The van der Waals surface area contributed by atoms with E-state index in [1.165, 1.54) is 7.11 Å². The molecule has 0 atom stereocenters. The first-order valence-electron chi connectivity index (χ1n) is 8.34. The Hall–Kier alpha value is -1.97. The highest BCUT2D eigenvalue weighted by atomic mass is 16.6. The number of methoxy groups -OCH3 is 1. The van der Waals surface area contributed by atoms with E-state index in [0.29, 0.717) is 26.2 Å². The monoisotopic (exact) mass is 375 g/mol. The van der Waals surface area contributed by atoms with Gasteiger partial charge in [-0.05, 0) is 27.1 Å². The van der Waals surface area contributed by atoms with E-state index >= 15 is 0 Å². The highest BCUT2D eigenvalue weighted by molar-refractivity contribution is 5.91. The van der Waals surface area contributed by atoms with Gasteiger partial charge in [0.1, 0.15) is 13.2 Å². The van der Waals surface area contributed by atoms with Crippen LogP contribution in [0.4, 0.5) is 0 Å². The van der Waals surface area contributed by atoms with Gasteiger partial charge in [-0.1, -0.05) is 0 Å². The number of hydrogen-bond donors (Lipinski definition) is 0. The number of carbonyl (C=O) groups is 3. The van der Waals surface area contributed by atoms with Crippen LogP contribution in [-0.2, 0) is 38.1 Å². The van der Waals surface area contributed by atoms with Gasteiger partial charge < -0.3 is 28.6 Å². The van der Waals surface area contributed by atoms with Crippen molar-refractivity contribution in [1.29, 1.82) is 0 Å². The Morgan fingerprint density at radius 1 is 0.808 bits per heavy atom. The van der Waals surface area contributed by atoms with Crippen LogP contribution < -0.4 is 0 Å². The molecule has 26 heavy (non-hydrogen) atoms. The molecule has 0 aliphatic rings. The van der Waals surface area contributed by atoms with Gasteiger partial charge >= 0.3 is 17.9 Å². The fourth-order valence-electron chi connectivity index (χ4n) is 1.60. The zero-order valence-electron chi connectivity index (χ0n) is 15.7. The predicted octanol–water partition coefficient (Wildman–Crippen LogP) is 0.177. The van der Waals surface area contributed by atoms with E-state index in [-0.39, 0.29) is 25.8 Å². The molecule has 0 saturated carbocycles. The van der Waals surface area contributed by atoms with E-state index in [9.17, 15) is 14.4 Å². The number of carbonyl (C=O) groups excluding carboxylic acids is 3. The van der Waals surface area contributed by atoms with Gasteiger partial charge in [0.15, 0.2) is 0 Å². The van der Waals surface area contributed by atoms with E-state index in [2.05, 4.69) is 4.74 Å². The minimum atomic E-state index is -0.650. The molecule has 9 heteroatoms. The summed E-state index contributed by atoms with van der Waals surface area (Å²) < 4.78 is 24.6. The predicted molar refractivity (Wildman–Crippen MR) is 92.5 cm³/mol. The van der Waals surface area contributed by atoms with Crippen LogP contribution in [0.15, 0.2) is 12.2 Å². The lowest BCUT2D eigenvalue weighted by Gasteiger charge is -2.09. The smallest absolute Gasteiger partial charge is 0.331 e. The quantitative estimate of drug-likeness (QED) is 0.172. The topological polar surface area (TPSA) is 101 Å². The summed E-state index contributed by atoms with van der Waals surface area (Å²) in [6.45, 7) is 2.30. The van der Waals surface area contributed by atoms with Crippen LogP contribution >= 0.6 is 0 Å². The van der Waals surface area contributed by atoms with Crippen LogP contribution in [0.1, 0.15) is 12.8 Å². The molecule has 0 spiro atoms. The number of hydrogen-bond acceptors (Lipinski definition) is 9. The second-order valence-corrected chi connectivity index (χ2v) is 5.38. The maximum Gasteiger partial charge on any atom is 0.331 e. The molecule has 150 valence electrons. The van der Waals surface area contributed by atoms with Crippen LogP contribution in [0.2, 0.25) is 0 Å². The van der Waals surface area contributed by atoms with E-state index in [1.54, 1.807) is 0 Å². The third-order valence-electron chi connectivity index (χ3n) is 2.88. The van der Waals surface area contributed by atoms with Gasteiger partial charge in [0.2, 0.25) is 0 Å². The van der Waals surface area contributed by atoms with Crippen molar-refractivity contribution in [3.8, 4) is 0 Å². The van der Waals surface area contributed by atoms with E-state index in [1.807, 2.05) is 19.0 Å². The lowest BCUT2D eigenvalue weighted by Crippen LogP contribution is -2.17. The molecule has 0 aliphatic carbocycles. The zero-order chi connectivity index (χ0) is 19.6. The third-order valence-corrected chi connectivity index (χ3v) is 2.88. The maximum absolute atomic E-state index is 11.4. The van der Waals surface area contributed by atoms with Gasteiger partial charge in [-0.15, -0.1) is 0 Å². The summed E-state index contributed by atoms with van der Waals surface area (Å²) in [6.07, 6.45) is 3.13. The average molecular weight is 375 g/mol. The standard InChI is InChI=1S/C17H29NO8/c1-18(2)8-4-5-16(20)25-13-11-23-9-10-24-12-14-26-17(21)7-6-15(19)22-3/h6-7H,4-5,8-14H2,1-3H3/b7-6+.